The van der Waals surface area contributed by atoms with Crippen molar-refractivity contribution in [1.29, 1.82) is 0 Å². The SMILES string of the molecule is COc1ccc2nc(N(CC3CCCO3)C(=O)Cc3c(C)cc(C)cc3C)sc2c1. The topological polar surface area (TPSA) is 51.7 Å². The summed E-state index contributed by atoms with van der Waals surface area (Å²) in [6.45, 7) is 7.55. The fraction of sp³-hybridized carbons (Fsp3) is 0.417. The number of anilines is 1. The summed E-state index contributed by atoms with van der Waals surface area (Å²) in [6, 6.07) is 10.1. The van der Waals surface area contributed by atoms with E-state index >= 15 is 0 Å². The molecule has 1 aliphatic rings. The Morgan fingerprint density at radius 2 is 2.00 bits per heavy atom. The number of amides is 1. The van der Waals surface area contributed by atoms with Crippen molar-refractivity contribution in [2.24, 2.45) is 0 Å². The first-order valence-electron chi connectivity index (χ1n) is 10.4. The van der Waals surface area contributed by atoms with Crippen molar-refractivity contribution in [2.45, 2.75) is 46.1 Å². The molecule has 0 aliphatic carbocycles. The van der Waals surface area contributed by atoms with E-state index < -0.39 is 0 Å². The van der Waals surface area contributed by atoms with Crippen molar-refractivity contribution in [2.75, 3.05) is 25.2 Å². The van der Waals surface area contributed by atoms with Gasteiger partial charge in [0, 0.05) is 6.61 Å². The number of methoxy groups -OCH3 is 1. The van der Waals surface area contributed by atoms with E-state index in [9.17, 15) is 4.79 Å². The van der Waals surface area contributed by atoms with Gasteiger partial charge in [0.15, 0.2) is 5.13 Å². The Morgan fingerprint density at radius 3 is 2.67 bits per heavy atom. The number of benzene rings is 2. The first-order chi connectivity index (χ1) is 14.4. The minimum atomic E-state index is 0.0616. The van der Waals surface area contributed by atoms with Crippen LogP contribution in [0.25, 0.3) is 10.2 Å². The number of hydrogen-bond acceptors (Lipinski definition) is 5. The molecule has 0 spiro atoms. The maximum Gasteiger partial charge on any atom is 0.233 e. The lowest BCUT2D eigenvalue weighted by Crippen LogP contribution is -2.38. The molecule has 4 rings (SSSR count). The maximum absolute atomic E-state index is 13.5. The number of ether oxygens (including phenoxy) is 2. The van der Waals surface area contributed by atoms with Gasteiger partial charge >= 0.3 is 0 Å². The summed E-state index contributed by atoms with van der Waals surface area (Å²) < 4.78 is 12.2. The molecule has 0 N–H and O–H groups in total. The third-order valence-corrected chi connectivity index (χ3v) is 6.74. The van der Waals surface area contributed by atoms with Crippen LogP contribution in [0.2, 0.25) is 0 Å². The standard InChI is InChI=1S/C24H28N2O3S/c1-15-10-16(2)20(17(3)11-15)13-23(27)26(14-19-6-5-9-29-19)24-25-21-8-7-18(28-4)12-22(21)30-24/h7-8,10-12,19H,5-6,9,13-14H2,1-4H3. The summed E-state index contributed by atoms with van der Waals surface area (Å²) in [7, 11) is 1.66. The van der Waals surface area contributed by atoms with Gasteiger partial charge in [-0.1, -0.05) is 29.0 Å². The second-order valence-electron chi connectivity index (χ2n) is 8.02. The first-order valence-corrected chi connectivity index (χ1v) is 11.2. The molecule has 2 heterocycles. The summed E-state index contributed by atoms with van der Waals surface area (Å²) in [6.07, 6.45) is 2.45. The molecule has 0 bridgehead atoms. The van der Waals surface area contributed by atoms with Gasteiger partial charge in [0.2, 0.25) is 5.91 Å². The summed E-state index contributed by atoms with van der Waals surface area (Å²) in [4.78, 5) is 20.1. The van der Waals surface area contributed by atoms with Gasteiger partial charge in [0.1, 0.15) is 5.75 Å². The second kappa shape index (κ2) is 8.74. The van der Waals surface area contributed by atoms with E-state index in [1.807, 2.05) is 23.1 Å². The Hall–Kier alpha value is -2.44. The Kier molecular flexibility index (Phi) is 6.06. The average molecular weight is 425 g/mol. The lowest BCUT2D eigenvalue weighted by molar-refractivity contribution is -0.118. The molecule has 2 aromatic carbocycles. The molecule has 1 aliphatic heterocycles. The molecule has 1 amide bonds. The highest BCUT2D eigenvalue weighted by atomic mass is 32.1. The van der Waals surface area contributed by atoms with Crippen LogP contribution in [0.1, 0.15) is 35.1 Å². The zero-order valence-corrected chi connectivity index (χ0v) is 18.8. The van der Waals surface area contributed by atoms with Crippen molar-refractivity contribution in [3.8, 4) is 5.75 Å². The quantitative estimate of drug-likeness (QED) is 0.560. The molecular weight excluding hydrogens is 396 g/mol. The van der Waals surface area contributed by atoms with Crippen LogP contribution >= 0.6 is 11.3 Å². The van der Waals surface area contributed by atoms with Crippen LogP contribution in [0, 0.1) is 20.8 Å². The average Bonchev–Trinajstić information content (AvgIpc) is 3.37. The van der Waals surface area contributed by atoms with Gasteiger partial charge < -0.3 is 9.47 Å². The molecule has 30 heavy (non-hydrogen) atoms. The van der Waals surface area contributed by atoms with Crippen molar-refractivity contribution in [3.05, 3.63) is 52.6 Å². The molecule has 1 saturated heterocycles. The Morgan fingerprint density at radius 1 is 1.23 bits per heavy atom. The first kappa shape index (κ1) is 20.8. The number of carbonyl (C=O) groups excluding carboxylic acids is 1. The normalized spacial score (nSPS) is 16.2. The maximum atomic E-state index is 13.5. The number of aromatic nitrogens is 1. The fourth-order valence-electron chi connectivity index (χ4n) is 4.15. The van der Waals surface area contributed by atoms with Crippen LogP contribution in [0.5, 0.6) is 5.75 Å². The summed E-state index contributed by atoms with van der Waals surface area (Å²) in [5, 5.41) is 0.723. The van der Waals surface area contributed by atoms with Crippen LogP contribution in [-0.2, 0) is 16.0 Å². The van der Waals surface area contributed by atoms with Crippen LogP contribution in [0.3, 0.4) is 0 Å². The molecular formula is C24H28N2O3S. The molecule has 1 fully saturated rings. The smallest absolute Gasteiger partial charge is 0.233 e. The number of thiazole rings is 1. The number of hydrogen-bond donors (Lipinski definition) is 0. The summed E-state index contributed by atoms with van der Waals surface area (Å²) in [5.74, 6) is 0.854. The van der Waals surface area contributed by atoms with E-state index in [-0.39, 0.29) is 12.0 Å². The number of rotatable bonds is 6. The van der Waals surface area contributed by atoms with Gasteiger partial charge in [-0.2, -0.15) is 0 Å². The second-order valence-corrected chi connectivity index (χ2v) is 9.03. The molecule has 1 aromatic heterocycles. The summed E-state index contributed by atoms with van der Waals surface area (Å²) >= 11 is 1.53. The molecule has 5 nitrogen and oxygen atoms in total. The molecule has 0 radical (unpaired) electrons. The molecule has 1 unspecified atom stereocenters. The lowest BCUT2D eigenvalue weighted by atomic mass is 9.97. The van der Waals surface area contributed by atoms with Crippen molar-refractivity contribution < 1.29 is 14.3 Å². The van der Waals surface area contributed by atoms with E-state index in [0.29, 0.717) is 13.0 Å². The minimum absolute atomic E-state index is 0.0616. The Labute approximate surface area is 181 Å². The largest absolute Gasteiger partial charge is 0.497 e. The van der Waals surface area contributed by atoms with E-state index in [1.165, 1.54) is 16.9 Å². The van der Waals surface area contributed by atoms with E-state index in [0.717, 1.165) is 57.2 Å². The third kappa shape index (κ3) is 4.35. The van der Waals surface area contributed by atoms with Crippen LogP contribution in [0.15, 0.2) is 30.3 Å². The van der Waals surface area contributed by atoms with E-state index in [4.69, 9.17) is 14.5 Å². The highest BCUT2D eigenvalue weighted by molar-refractivity contribution is 7.22. The third-order valence-electron chi connectivity index (χ3n) is 5.69. The van der Waals surface area contributed by atoms with E-state index in [2.05, 4.69) is 32.9 Å². The van der Waals surface area contributed by atoms with Gasteiger partial charge in [0.05, 0.1) is 36.4 Å². The predicted molar refractivity (Wildman–Crippen MR) is 122 cm³/mol. The Bertz CT molecular complexity index is 1050. The van der Waals surface area contributed by atoms with Gasteiger partial charge in [-0.3, -0.25) is 9.69 Å². The van der Waals surface area contributed by atoms with Gasteiger partial charge in [-0.15, -0.1) is 0 Å². The molecule has 0 saturated carbocycles. The molecule has 3 aromatic rings. The zero-order valence-electron chi connectivity index (χ0n) is 18.0. The number of aryl methyl sites for hydroxylation is 3. The Balaban J connectivity index is 1.66. The highest BCUT2D eigenvalue weighted by Crippen LogP contribution is 2.33. The van der Waals surface area contributed by atoms with Crippen molar-refractivity contribution in [3.63, 3.8) is 0 Å². The van der Waals surface area contributed by atoms with Crippen LogP contribution in [0.4, 0.5) is 5.13 Å². The fourth-order valence-corrected chi connectivity index (χ4v) is 5.17. The molecule has 6 heteroatoms. The van der Waals surface area contributed by atoms with Crippen LogP contribution < -0.4 is 9.64 Å². The predicted octanol–water partition coefficient (Wildman–Crippen LogP) is 4.98. The monoisotopic (exact) mass is 424 g/mol. The molecule has 158 valence electrons. The van der Waals surface area contributed by atoms with Gasteiger partial charge in [0.25, 0.3) is 0 Å². The minimum Gasteiger partial charge on any atom is -0.497 e. The number of nitrogens with zero attached hydrogens (tertiary/aromatic N) is 2. The number of fused-ring (bicyclic) bond motifs is 1. The van der Waals surface area contributed by atoms with E-state index in [1.54, 1.807) is 7.11 Å². The summed E-state index contributed by atoms with van der Waals surface area (Å²) in [5.41, 5.74) is 5.52. The van der Waals surface area contributed by atoms with Gasteiger partial charge in [-0.25, -0.2) is 4.98 Å². The molecule has 1 atom stereocenters. The number of carbonyl (C=O) groups is 1. The van der Waals surface area contributed by atoms with Gasteiger partial charge in [-0.05, 0) is 68.5 Å². The van der Waals surface area contributed by atoms with Crippen molar-refractivity contribution >= 4 is 32.6 Å². The van der Waals surface area contributed by atoms with Crippen molar-refractivity contribution in [1.82, 2.24) is 4.98 Å². The highest BCUT2D eigenvalue weighted by Gasteiger charge is 2.27. The zero-order chi connectivity index (χ0) is 21.3. The van der Waals surface area contributed by atoms with Crippen LogP contribution in [-0.4, -0.2) is 37.3 Å². The lowest BCUT2D eigenvalue weighted by Gasteiger charge is -2.24.